The zero-order valence-corrected chi connectivity index (χ0v) is 20.6. The largest absolute Gasteiger partial charge is 0.378 e. The average Bonchev–Trinajstić information content (AvgIpc) is 3.23. The summed E-state index contributed by atoms with van der Waals surface area (Å²) in [5.74, 6) is 0.334. The second kappa shape index (κ2) is 8.41. The molecule has 0 amide bonds. The van der Waals surface area contributed by atoms with Gasteiger partial charge in [0.15, 0.2) is 0 Å². The van der Waals surface area contributed by atoms with Crippen molar-refractivity contribution in [2.75, 3.05) is 10.0 Å². The first kappa shape index (κ1) is 21.8. The van der Waals surface area contributed by atoms with Crippen LogP contribution in [-0.4, -0.2) is 8.42 Å². The Morgan fingerprint density at radius 2 is 1.84 bits per heavy atom. The number of fused-ring (bicyclic) bond motifs is 3. The summed E-state index contributed by atoms with van der Waals surface area (Å²) in [5, 5.41) is 4.82. The summed E-state index contributed by atoms with van der Waals surface area (Å²) in [7, 11) is -3.73. The molecule has 1 aliphatic carbocycles. The topological polar surface area (TPSA) is 58.2 Å². The van der Waals surface area contributed by atoms with Gasteiger partial charge in [-0.1, -0.05) is 63.4 Å². The summed E-state index contributed by atoms with van der Waals surface area (Å²) >= 11 is 16.0. The van der Waals surface area contributed by atoms with Crippen LogP contribution in [0.15, 0.2) is 82.2 Å². The van der Waals surface area contributed by atoms with Crippen LogP contribution < -0.4 is 10.0 Å². The van der Waals surface area contributed by atoms with E-state index in [0.717, 1.165) is 27.7 Å². The third-order valence-corrected chi connectivity index (χ3v) is 8.45. The van der Waals surface area contributed by atoms with Crippen molar-refractivity contribution in [1.82, 2.24) is 0 Å². The Hall–Kier alpha value is -1.99. The lowest BCUT2D eigenvalue weighted by atomic mass is 9.77. The smallest absolute Gasteiger partial charge is 0.261 e. The molecule has 0 fully saturated rings. The average molecular weight is 550 g/mol. The Kier molecular flexibility index (Phi) is 5.74. The van der Waals surface area contributed by atoms with Crippen molar-refractivity contribution in [2.24, 2.45) is 5.92 Å². The highest BCUT2D eigenvalue weighted by Gasteiger charge is 2.39. The molecule has 3 aromatic rings. The lowest BCUT2D eigenvalue weighted by Crippen LogP contribution is -2.29. The minimum absolute atomic E-state index is 0.00881. The molecule has 164 valence electrons. The first-order chi connectivity index (χ1) is 15.3. The van der Waals surface area contributed by atoms with Crippen LogP contribution in [0.25, 0.3) is 0 Å². The molecule has 0 saturated heterocycles. The summed E-state index contributed by atoms with van der Waals surface area (Å²) in [6.45, 7) is 0. The highest BCUT2D eigenvalue weighted by atomic mass is 79.9. The minimum Gasteiger partial charge on any atom is -0.378 e. The summed E-state index contributed by atoms with van der Waals surface area (Å²) < 4.78 is 29.6. The molecule has 32 heavy (non-hydrogen) atoms. The second-order valence-corrected chi connectivity index (χ2v) is 11.4. The molecule has 0 aromatic heterocycles. The van der Waals surface area contributed by atoms with Crippen molar-refractivity contribution in [2.45, 2.75) is 23.3 Å². The molecule has 1 heterocycles. The fourth-order valence-electron chi connectivity index (χ4n) is 4.57. The SMILES string of the molecule is O=S(=O)(Nc1cccc(Br)c1)c1ccc2c(c1)[C@H]1C=CC[C@H]1[C@@H](c1ccc(Cl)cc1Cl)N2. The fourth-order valence-corrected chi connectivity index (χ4v) is 6.58. The normalized spacial score (nSPS) is 21.5. The maximum absolute atomic E-state index is 13.1. The van der Waals surface area contributed by atoms with Crippen LogP contribution in [0.5, 0.6) is 0 Å². The van der Waals surface area contributed by atoms with Gasteiger partial charge in [0.1, 0.15) is 0 Å². The van der Waals surface area contributed by atoms with Crippen molar-refractivity contribution >= 4 is 60.5 Å². The number of anilines is 2. The van der Waals surface area contributed by atoms with Crippen LogP contribution in [0, 0.1) is 5.92 Å². The van der Waals surface area contributed by atoms with Crippen LogP contribution in [0.3, 0.4) is 0 Å². The van der Waals surface area contributed by atoms with Crippen molar-refractivity contribution in [3.63, 3.8) is 0 Å². The monoisotopic (exact) mass is 548 g/mol. The number of halogens is 3. The molecule has 2 aliphatic rings. The Morgan fingerprint density at radius 1 is 1.00 bits per heavy atom. The zero-order valence-electron chi connectivity index (χ0n) is 16.7. The van der Waals surface area contributed by atoms with E-state index >= 15 is 0 Å². The van der Waals surface area contributed by atoms with Crippen molar-refractivity contribution in [1.29, 1.82) is 0 Å². The summed E-state index contributed by atoms with van der Waals surface area (Å²) in [5.41, 5.74) is 3.39. The third kappa shape index (κ3) is 4.05. The molecule has 3 aromatic carbocycles. The number of allylic oxidation sites excluding steroid dienone is 2. The molecular formula is C24H19BrCl2N2O2S. The first-order valence-electron chi connectivity index (χ1n) is 10.1. The molecule has 1 aliphatic heterocycles. The van der Waals surface area contributed by atoms with E-state index in [9.17, 15) is 8.42 Å². The van der Waals surface area contributed by atoms with Crippen LogP contribution in [0.1, 0.15) is 29.5 Å². The second-order valence-electron chi connectivity index (χ2n) is 8.01. The standard InChI is InChI=1S/C24H19BrCl2N2O2S/c25-14-3-1-4-16(11-14)29-32(30,31)17-8-10-23-21(13-17)18-5-2-6-19(18)24(28-23)20-9-7-15(26)12-22(20)27/h1-5,7-13,18-19,24,28-29H,6H2/t18-,19+,24-/m0/s1. The van der Waals surface area contributed by atoms with E-state index in [1.54, 1.807) is 36.4 Å². The zero-order chi connectivity index (χ0) is 22.5. The van der Waals surface area contributed by atoms with E-state index in [1.165, 1.54) is 0 Å². The van der Waals surface area contributed by atoms with Gasteiger partial charge in [0.05, 0.1) is 10.9 Å². The molecule has 0 spiro atoms. The van der Waals surface area contributed by atoms with E-state index in [2.05, 4.69) is 38.1 Å². The molecule has 0 bridgehead atoms. The Balaban J connectivity index is 1.50. The molecule has 4 nitrogen and oxygen atoms in total. The van der Waals surface area contributed by atoms with Gasteiger partial charge < -0.3 is 5.32 Å². The number of hydrogen-bond acceptors (Lipinski definition) is 3. The Morgan fingerprint density at radius 3 is 2.62 bits per heavy atom. The quantitative estimate of drug-likeness (QED) is 0.334. The first-order valence-corrected chi connectivity index (χ1v) is 13.2. The van der Waals surface area contributed by atoms with Gasteiger partial charge in [0.25, 0.3) is 10.0 Å². The molecule has 2 N–H and O–H groups in total. The maximum Gasteiger partial charge on any atom is 0.261 e. The Bertz CT molecular complexity index is 1340. The van der Waals surface area contributed by atoms with Crippen molar-refractivity contribution < 1.29 is 8.42 Å². The summed E-state index contributed by atoms with van der Waals surface area (Å²) in [6.07, 6.45) is 5.21. The molecule has 0 unspecified atom stereocenters. The summed E-state index contributed by atoms with van der Waals surface area (Å²) in [6, 6.07) is 17.9. The van der Waals surface area contributed by atoms with E-state index < -0.39 is 10.0 Å². The van der Waals surface area contributed by atoms with Crippen molar-refractivity contribution in [3.8, 4) is 0 Å². The molecular weight excluding hydrogens is 531 g/mol. The van der Waals surface area contributed by atoms with Gasteiger partial charge in [-0.2, -0.15) is 0 Å². The van der Waals surface area contributed by atoms with Crippen LogP contribution in [0.2, 0.25) is 10.0 Å². The number of rotatable bonds is 4. The van der Waals surface area contributed by atoms with Gasteiger partial charge in [-0.05, 0) is 72.0 Å². The molecule has 0 radical (unpaired) electrons. The predicted molar refractivity (Wildman–Crippen MR) is 134 cm³/mol. The fraction of sp³-hybridized carbons (Fsp3) is 0.167. The number of sulfonamides is 1. The third-order valence-electron chi connectivity index (χ3n) is 6.02. The van der Waals surface area contributed by atoms with Crippen LogP contribution >= 0.6 is 39.1 Å². The Labute approximate surface area is 205 Å². The van der Waals surface area contributed by atoms with E-state index in [-0.39, 0.29) is 22.8 Å². The van der Waals surface area contributed by atoms with Gasteiger partial charge in [-0.15, -0.1) is 0 Å². The van der Waals surface area contributed by atoms with Gasteiger partial charge >= 0.3 is 0 Å². The van der Waals surface area contributed by atoms with Crippen LogP contribution in [-0.2, 0) is 10.0 Å². The molecule has 3 atom stereocenters. The van der Waals surface area contributed by atoms with Gasteiger partial charge in [0, 0.05) is 31.8 Å². The predicted octanol–water partition coefficient (Wildman–Crippen LogP) is 7.38. The van der Waals surface area contributed by atoms with E-state index in [4.69, 9.17) is 23.2 Å². The minimum atomic E-state index is -3.73. The lowest BCUT2D eigenvalue weighted by Gasteiger charge is -2.38. The lowest BCUT2D eigenvalue weighted by molar-refractivity contribution is 0.425. The highest BCUT2D eigenvalue weighted by Crippen LogP contribution is 2.51. The molecule has 8 heteroatoms. The van der Waals surface area contributed by atoms with E-state index in [0.29, 0.717) is 15.7 Å². The summed E-state index contributed by atoms with van der Waals surface area (Å²) in [4.78, 5) is 0.236. The van der Waals surface area contributed by atoms with Crippen molar-refractivity contribution in [3.05, 3.63) is 98.5 Å². The van der Waals surface area contributed by atoms with Gasteiger partial charge in [0.2, 0.25) is 0 Å². The number of nitrogens with one attached hydrogen (secondary N) is 2. The number of hydrogen-bond donors (Lipinski definition) is 2. The molecule has 0 saturated carbocycles. The maximum atomic E-state index is 13.1. The van der Waals surface area contributed by atoms with E-state index in [1.807, 2.05) is 24.3 Å². The highest BCUT2D eigenvalue weighted by molar-refractivity contribution is 9.10. The molecule has 5 rings (SSSR count). The van der Waals surface area contributed by atoms with Gasteiger partial charge in [-0.3, -0.25) is 4.72 Å². The number of benzene rings is 3. The van der Waals surface area contributed by atoms with Crippen LogP contribution in [0.4, 0.5) is 11.4 Å². The van der Waals surface area contributed by atoms with Gasteiger partial charge in [-0.25, -0.2) is 8.42 Å².